The maximum Gasteiger partial charge on any atom is 0.306 e. The molecule has 1 aromatic carbocycles. The number of benzene rings is 1. The fraction of sp³-hybridized carbons (Fsp3) is 0.562. The second-order valence-corrected chi connectivity index (χ2v) is 5.99. The highest BCUT2D eigenvalue weighted by Crippen LogP contribution is 2.31. The van der Waals surface area contributed by atoms with Crippen LogP contribution in [0.4, 0.5) is 5.69 Å². The molecule has 1 aliphatic rings. The van der Waals surface area contributed by atoms with Crippen LogP contribution in [0.2, 0.25) is 5.02 Å². The van der Waals surface area contributed by atoms with Gasteiger partial charge < -0.3 is 10.0 Å². The molecule has 0 radical (unpaired) electrons. The molecule has 1 aliphatic heterocycles. The average molecular weight is 369 g/mol. The van der Waals surface area contributed by atoms with Crippen molar-refractivity contribution in [3.8, 4) is 0 Å². The van der Waals surface area contributed by atoms with E-state index in [4.69, 9.17) is 11.6 Å². The van der Waals surface area contributed by atoms with Gasteiger partial charge in [0.15, 0.2) is 0 Å². The number of aliphatic carboxylic acids is 1. The molecular weight excluding hydrogens is 345 g/mol. The summed E-state index contributed by atoms with van der Waals surface area (Å²) >= 11 is 5.90. The summed E-state index contributed by atoms with van der Waals surface area (Å²) in [6, 6.07) is 7.78. The highest BCUT2D eigenvalue weighted by atomic mass is 35.5. The predicted octanol–water partition coefficient (Wildman–Crippen LogP) is 4.90. The monoisotopic (exact) mass is 367 g/mol. The lowest BCUT2D eigenvalue weighted by Crippen LogP contribution is -2.27. The number of carboxylic acids is 1. The van der Waals surface area contributed by atoms with E-state index in [2.05, 4.69) is 11.8 Å². The molecule has 2 rings (SSSR count). The quantitative estimate of drug-likeness (QED) is 0.776. The minimum Gasteiger partial charge on any atom is -0.481 e. The van der Waals surface area contributed by atoms with Crippen LogP contribution in [0, 0.1) is 11.8 Å². The Morgan fingerprint density at radius 3 is 2.55 bits per heavy atom. The number of nitrogens with zero attached hydrogens (tertiary/aromatic N) is 1. The first-order valence-corrected chi connectivity index (χ1v) is 7.73. The second-order valence-electron chi connectivity index (χ2n) is 5.56. The number of carbonyl (C=O) groups is 1. The second kappa shape index (κ2) is 10.2. The van der Waals surface area contributed by atoms with Crippen molar-refractivity contribution in [2.75, 3.05) is 18.0 Å². The summed E-state index contributed by atoms with van der Waals surface area (Å²) in [4.78, 5) is 13.7. The molecule has 1 fully saturated rings. The molecule has 0 spiro atoms. The summed E-state index contributed by atoms with van der Waals surface area (Å²) in [5.41, 5.74) is 1.14. The Labute approximate surface area is 149 Å². The molecule has 1 saturated heterocycles. The van der Waals surface area contributed by atoms with Crippen LogP contribution in [-0.2, 0) is 4.79 Å². The van der Waals surface area contributed by atoms with Crippen molar-refractivity contribution in [1.29, 1.82) is 0 Å². The SMILES string of the molecule is CCCCC(C(=O)O)C1CCN(c2ccc(Cl)cc2)C1.Cl.Cl. The molecule has 1 heterocycles. The lowest BCUT2D eigenvalue weighted by molar-refractivity contribution is -0.143. The van der Waals surface area contributed by atoms with Crippen LogP contribution in [0.25, 0.3) is 0 Å². The fourth-order valence-corrected chi connectivity index (χ4v) is 3.11. The van der Waals surface area contributed by atoms with Gasteiger partial charge in [-0.15, -0.1) is 24.8 Å². The van der Waals surface area contributed by atoms with E-state index in [0.717, 1.165) is 49.5 Å². The maximum atomic E-state index is 11.4. The molecule has 2 unspecified atom stereocenters. The minimum atomic E-state index is -0.638. The topological polar surface area (TPSA) is 40.5 Å². The molecule has 0 aliphatic carbocycles. The molecule has 0 aromatic heterocycles. The molecule has 3 nitrogen and oxygen atoms in total. The molecule has 0 amide bonds. The third-order valence-corrected chi connectivity index (χ3v) is 4.42. The lowest BCUT2D eigenvalue weighted by atomic mass is 9.87. The number of rotatable bonds is 6. The summed E-state index contributed by atoms with van der Waals surface area (Å²) in [6.45, 7) is 3.87. The van der Waals surface area contributed by atoms with Crippen molar-refractivity contribution in [3.63, 3.8) is 0 Å². The van der Waals surface area contributed by atoms with Gasteiger partial charge in [-0.25, -0.2) is 0 Å². The number of unbranched alkanes of at least 4 members (excludes halogenated alkanes) is 1. The maximum absolute atomic E-state index is 11.4. The summed E-state index contributed by atoms with van der Waals surface area (Å²) in [6.07, 6.45) is 3.81. The molecule has 0 bridgehead atoms. The van der Waals surface area contributed by atoms with Gasteiger partial charge in [0.1, 0.15) is 0 Å². The highest BCUT2D eigenvalue weighted by molar-refractivity contribution is 6.30. The molecule has 0 saturated carbocycles. The van der Waals surface area contributed by atoms with Crippen LogP contribution in [0.5, 0.6) is 0 Å². The number of hydrogen-bond donors (Lipinski definition) is 1. The van der Waals surface area contributed by atoms with E-state index in [0.29, 0.717) is 0 Å². The van der Waals surface area contributed by atoms with Crippen LogP contribution in [-0.4, -0.2) is 24.2 Å². The normalized spacial score (nSPS) is 18.3. The van der Waals surface area contributed by atoms with Crippen LogP contribution >= 0.6 is 36.4 Å². The van der Waals surface area contributed by atoms with Gasteiger partial charge in [0.05, 0.1) is 5.92 Å². The zero-order valence-electron chi connectivity index (χ0n) is 12.7. The third-order valence-electron chi connectivity index (χ3n) is 4.17. The highest BCUT2D eigenvalue weighted by Gasteiger charge is 2.33. The zero-order valence-corrected chi connectivity index (χ0v) is 15.1. The van der Waals surface area contributed by atoms with Crippen LogP contribution in [0.15, 0.2) is 24.3 Å². The van der Waals surface area contributed by atoms with Gasteiger partial charge in [-0.05, 0) is 43.0 Å². The standard InChI is InChI=1S/C16H22ClNO2.2ClH/c1-2-3-4-15(16(19)20)12-9-10-18(11-12)14-7-5-13(17)6-8-14;;/h5-8,12,15H,2-4,9-11H2,1H3,(H,19,20);2*1H. The van der Waals surface area contributed by atoms with Crippen molar-refractivity contribution in [2.45, 2.75) is 32.6 Å². The fourth-order valence-electron chi connectivity index (χ4n) is 2.99. The molecular formula is C16H24Cl3NO2. The Hall–Kier alpha value is -0.640. The zero-order chi connectivity index (χ0) is 14.5. The Kier molecular flexibility index (Phi) is 9.90. The number of carboxylic acid groups (broad SMARTS) is 1. The lowest BCUT2D eigenvalue weighted by Gasteiger charge is -2.22. The van der Waals surface area contributed by atoms with Crippen LogP contribution in [0.3, 0.4) is 0 Å². The van der Waals surface area contributed by atoms with Gasteiger partial charge in [0, 0.05) is 23.8 Å². The first-order valence-electron chi connectivity index (χ1n) is 7.35. The third kappa shape index (κ3) is 5.53. The summed E-state index contributed by atoms with van der Waals surface area (Å²) < 4.78 is 0. The average Bonchev–Trinajstić information content (AvgIpc) is 2.89. The van der Waals surface area contributed by atoms with E-state index >= 15 is 0 Å². The van der Waals surface area contributed by atoms with E-state index in [9.17, 15) is 9.90 Å². The van der Waals surface area contributed by atoms with Gasteiger partial charge in [0.25, 0.3) is 0 Å². The molecule has 6 heteroatoms. The smallest absolute Gasteiger partial charge is 0.306 e. The van der Waals surface area contributed by atoms with Gasteiger partial charge in [-0.3, -0.25) is 4.79 Å². The van der Waals surface area contributed by atoms with E-state index in [1.165, 1.54) is 0 Å². The van der Waals surface area contributed by atoms with Crippen molar-refractivity contribution in [2.24, 2.45) is 11.8 Å². The van der Waals surface area contributed by atoms with E-state index in [1.807, 2.05) is 24.3 Å². The minimum absolute atomic E-state index is 0. The number of anilines is 1. The molecule has 1 aromatic rings. The Balaban J connectivity index is 0.00000220. The van der Waals surface area contributed by atoms with E-state index in [1.54, 1.807) is 0 Å². The van der Waals surface area contributed by atoms with E-state index < -0.39 is 5.97 Å². The summed E-state index contributed by atoms with van der Waals surface area (Å²) in [5.74, 6) is -0.580. The molecule has 22 heavy (non-hydrogen) atoms. The van der Waals surface area contributed by atoms with Gasteiger partial charge in [-0.2, -0.15) is 0 Å². The van der Waals surface area contributed by atoms with Crippen molar-refractivity contribution >= 4 is 48.1 Å². The van der Waals surface area contributed by atoms with Crippen molar-refractivity contribution < 1.29 is 9.90 Å². The number of halogens is 3. The van der Waals surface area contributed by atoms with Gasteiger partial charge in [0.2, 0.25) is 0 Å². The first-order chi connectivity index (χ1) is 9.61. The van der Waals surface area contributed by atoms with Gasteiger partial charge >= 0.3 is 5.97 Å². The first kappa shape index (κ1) is 21.4. The van der Waals surface area contributed by atoms with E-state index in [-0.39, 0.29) is 36.6 Å². The Bertz CT molecular complexity index is 453. The molecule has 1 N–H and O–H groups in total. The molecule has 2 atom stereocenters. The van der Waals surface area contributed by atoms with Crippen molar-refractivity contribution in [3.05, 3.63) is 29.3 Å². The van der Waals surface area contributed by atoms with Crippen molar-refractivity contribution in [1.82, 2.24) is 0 Å². The predicted molar refractivity (Wildman–Crippen MR) is 96.9 cm³/mol. The number of hydrogen-bond acceptors (Lipinski definition) is 2. The van der Waals surface area contributed by atoms with Crippen LogP contribution in [0.1, 0.15) is 32.6 Å². The Morgan fingerprint density at radius 1 is 1.36 bits per heavy atom. The Morgan fingerprint density at radius 2 is 2.00 bits per heavy atom. The summed E-state index contributed by atoms with van der Waals surface area (Å²) in [7, 11) is 0. The summed E-state index contributed by atoms with van der Waals surface area (Å²) in [5, 5.41) is 10.1. The largest absolute Gasteiger partial charge is 0.481 e. The van der Waals surface area contributed by atoms with Crippen LogP contribution < -0.4 is 4.90 Å². The molecule has 126 valence electrons. The van der Waals surface area contributed by atoms with Gasteiger partial charge in [-0.1, -0.05) is 31.4 Å².